The highest BCUT2D eigenvalue weighted by Gasteiger charge is 2.12. The van der Waals surface area contributed by atoms with E-state index in [9.17, 15) is 0 Å². The van der Waals surface area contributed by atoms with Crippen molar-refractivity contribution in [1.82, 2.24) is 9.78 Å². The molecule has 0 radical (unpaired) electrons. The van der Waals surface area contributed by atoms with Gasteiger partial charge in [0.2, 0.25) is 0 Å². The summed E-state index contributed by atoms with van der Waals surface area (Å²) in [5, 5.41) is 16.5. The predicted molar refractivity (Wildman–Crippen MR) is 81.0 cm³/mol. The molecule has 2 aromatic rings. The first-order chi connectivity index (χ1) is 9.93. The zero-order valence-corrected chi connectivity index (χ0v) is 12.8. The maximum Gasteiger partial charge on any atom is 0.170 e. The van der Waals surface area contributed by atoms with Crippen molar-refractivity contribution >= 4 is 17.4 Å². The van der Waals surface area contributed by atoms with Gasteiger partial charge in [-0.25, -0.2) is 0 Å². The molecule has 1 heterocycles. The lowest BCUT2D eigenvalue weighted by molar-refractivity contribution is 0.293. The molecule has 0 bridgehead atoms. The third kappa shape index (κ3) is 3.11. The minimum absolute atomic E-state index is 0.0364. The van der Waals surface area contributed by atoms with E-state index in [0.717, 1.165) is 17.0 Å². The first kappa shape index (κ1) is 15.2. The molecule has 7 heteroatoms. The van der Waals surface area contributed by atoms with Crippen LogP contribution in [0.25, 0.3) is 0 Å². The second kappa shape index (κ2) is 6.05. The van der Waals surface area contributed by atoms with Crippen LogP contribution in [0.4, 0.5) is 0 Å². The summed E-state index contributed by atoms with van der Waals surface area (Å²) >= 11 is 6.19. The summed E-state index contributed by atoms with van der Waals surface area (Å²) in [5.74, 6) is 0.684. The molecule has 0 saturated carbocycles. The number of amidine groups is 1. The van der Waals surface area contributed by atoms with Crippen LogP contribution in [0.5, 0.6) is 5.75 Å². The lowest BCUT2D eigenvalue weighted by Crippen LogP contribution is -2.13. The van der Waals surface area contributed by atoms with Gasteiger partial charge in [-0.15, -0.1) is 0 Å². The number of nitrogens with zero attached hydrogens (tertiary/aromatic N) is 3. The normalized spacial score (nSPS) is 11.7. The second-order valence-electron chi connectivity index (χ2n) is 4.72. The minimum Gasteiger partial charge on any atom is -0.487 e. The molecule has 0 aliphatic carbocycles. The molecule has 0 aliphatic heterocycles. The van der Waals surface area contributed by atoms with Crippen LogP contribution in [0.1, 0.15) is 22.5 Å². The number of ether oxygens (including phenoxy) is 1. The van der Waals surface area contributed by atoms with E-state index in [0.29, 0.717) is 16.3 Å². The van der Waals surface area contributed by atoms with Crippen LogP contribution in [-0.2, 0) is 13.7 Å². The van der Waals surface area contributed by atoms with Gasteiger partial charge in [-0.2, -0.15) is 5.10 Å². The summed E-state index contributed by atoms with van der Waals surface area (Å²) in [7, 11) is 1.82. The average Bonchev–Trinajstić information content (AvgIpc) is 2.71. The molecule has 0 fully saturated rings. The van der Waals surface area contributed by atoms with Crippen LogP contribution in [-0.4, -0.2) is 20.8 Å². The molecule has 0 aliphatic rings. The molecule has 0 unspecified atom stereocenters. The molecule has 112 valence electrons. The highest BCUT2D eigenvalue weighted by atomic mass is 35.5. The van der Waals surface area contributed by atoms with Gasteiger partial charge >= 0.3 is 0 Å². The average molecular weight is 309 g/mol. The first-order valence-electron chi connectivity index (χ1n) is 6.33. The van der Waals surface area contributed by atoms with Crippen LogP contribution in [0.15, 0.2) is 23.4 Å². The van der Waals surface area contributed by atoms with Gasteiger partial charge in [0.15, 0.2) is 5.84 Å². The van der Waals surface area contributed by atoms with Crippen molar-refractivity contribution in [3.63, 3.8) is 0 Å². The van der Waals surface area contributed by atoms with Gasteiger partial charge in [0.25, 0.3) is 0 Å². The Kier molecular flexibility index (Phi) is 4.37. The second-order valence-corrected chi connectivity index (χ2v) is 5.10. The van der Waals surface area contributed by atoms with Crippen molar-refractivity contribution in [2.75, 3.05) is 0 Å². The molecule has 0 saturated heterocycles. The lowest BCUT2D eigenvalue weighted by atomic mass is 10.1. The predicted octanol–water partition coefficient (Wildman–Crippen LogP) is 2.36. The van der Waals surface area contributed by atoms with Crippen molar-refractivity contribution < 1.29 is 9.94 Å². The zero-order chi connectivity index (χ0) is 15.6. The van der Waals surface area contributed by atoms with Crippen LogP contribution in [0.3, 0.4) is 0 Å². The fourth-order valence-electron chi connectivity index (χ4n) is 1.96. The Bertz CT molecular complexity index is 695. The molecule has 1 aromatic heterocycles. The van der Waals surface area contributed by atoms with Gasteiger partial charge in [-0.1, -0.05) is 28.9 Å². The molecule has 21 heavy (non-hydrogen) atoms. The topological polar surface area (TPSA) is 85.7 Å². The van der Waals surface area contributed by atoms with Gasteiger partial charge in [-0.3, -0.25) is 4.68 Å². The van der Waals surface area contributed by atoms with E-state index in [-0.39, 0.29) is 12.4 Å². The Labute approximate surface area is 127 Å². The van der Waals surface area contributed by atoms with Crippen molar-refractivity contribution in [3.8, 4) is 5.75 Å². The molecule has 2 rings (SSSR count). The highest BCUT2D eigenvalue weighted by Crippen LogP contribution is 2.24. The van der Waals surface area contributed by atoms with Gasteiger partial charge in [-0.05, 0) is 25.5 Å². The Morgan fingerprint density at radius 3 is 2.76 bits per heavy atom. The SMILES string of the molecule is Cc1ccc(/C(N)=N/O)cc1OCc1c(Cl)c(C)nn1C. The standard InChI is InChI=1S/C14H17ClN4O2/c1-8-4-5-10(14(16)18-20)6-12(8)21-7-11-13(15)9(2)17-19(11)3/h4-6,20H,7H2,1-3H3,(H2,16,18). The van der Waals surface area contributed by atoms with Crippen molar-refractivity contribution in [2.24, 2.45) is 17.9 Å². The highest BCUT2D eigenvalue weighted by molar-refractivity contribution is 6.31. The summed E-state index contributed by atoms with van der Waals surface area (Å²) in [6.07, 6.45) is 0. The molecular formula is C14H17ClN4O2. The Morgan fingerprint density at radius 2 is 2.19 bits per heavy atom. The van der Waals surface area contributed by atoms with Crippen LogP contribution >= 0.6 is 11.6 Å². The molecule has 0 spiro atoms. The molecule has 6 nitrogen and oxygen atoms in total. The Balaban J connectivity index is 2.23. The number of halogens is 1. The van der Waals surface area contributed by atoms with E-state index >= 15 is 0 Å². The first-order valence-corrected chi connectivity index (χ1v) is 6.71. The van der Waals surface area contributed by atoms with E-state index in [1.54, 1.807) is 16.8 Å². The molecule has 3 N–H and O–H groups in total. The number of aryl methyl sites for hydroxylation is 3. The van der Waals surface area contributed by atoms with Crippen LogP contribution in [0.2, 0.25) is 5.02 Å². The number of rotatable bonds is 4. The fraction of sp³-hybridized carbons (Fsp3) is 0.286. The summed E-state index contributed by atoms with van der Waals surface area (Å²) in [6.45, 7) is 4.05. The van der Waals surface area contributed by atoms with Crippen LogP contribution < -0.4 is 10.5 Å². The van der Waals surface area contributed by atoms with Gasteiger partial charge < -0.3 is 15.7 Å². The third-order valence-corrected chi connectivity index (χ3v) is 3.71. The van der Waals surface area contributed by atoms with E-state index < -0.39 is 0 Å². The van der Waals surface area contributed by atoms with Crippen molar-refractivity contribution in [2.45, 2.75) is 20.5 Å². The summed E-state index contributed by atoms with van der Waals surface area (Å²) in [4.78, 5) is 0. The van der Waals surface area contributed by atoms with E-state index in [4.69, 9.17) is 27.3 Å². The summed E-state index contributed by atoms with van der Waals surface area (Å²) in [5.41, 5.74) is 8.67. The fourth-order valence-corrected chi connectivity index (χ4v) is 2.17. The zero-order valence-electron chi connectivity index (χ0n) is 12.1. The Morgan fingerprint density at radius 1 is 1.48 bits per heavy atom. The number of oxime groups is 1. The maximum absolute atomic E-state index is 8.72. The van der Waals surface area contributed by atoms with E-state index in [1.807, 2.05) is 27.0 Å². The number of aromatic nitrogens is 2. The van der Waals surface area contributed by atoms with Crippen molar-refractivity contribution in [1.29, 1.82) is 0 Å². The van der Waals surface area contributed by atoms with E-state index in [1.165, 1.54) is 0 Å². The number of nitrogens with two attached hydrogens (primary N) is 1. The molecule has 1 aromatic carbocycles. The lowest BCUT2D eigenvalue weighted by Gasteiger charge is -2.11. The number of hydrogen-bond donors (Lipinski definition) is 2. The van der Waals surface area contributed by atoms with Crippen molar-refractivity contribution in [3.05, 3.63) is 45.7 Å². The van der Waals surface area contributed by atoms with Gasteiger partial charge in [0, 0.05) is 12.6 Å². The summed E-state index contributed by atoms with van der Waals surface area (Å²) in [6, 6.07) is 5.33. The smallest absolute Gasteiger partial charge is 0.170 e. The Hall–Kier alpha value is -2.21. The number of benzene rings is 1. The van der Waals surface area contributed by atoms with Crippen LogP contribution in [0, 0.1) is 13.8 Å². The third-order valence-electron chi connectivity index (χ3n) is 3.22. The van der Waals surface area contributed by atoms with Gasteiger partial charge in [0.05, 0.1) is 16.4 Å². The van der Waals surface area contributed by atoms with Gasteiger partial charge in [0.1, 0.15) is 12.4 Å². The molecular weight excluding hydrogens is 292 g/mol. The quantitative estimate of drug-likeness (QED) is 0.393. The number of hydrogen-bond acceptors (Lipinski definition) is 4. The molecule has 0 amide bonds. The monoisotopic (exact) mass is 308 g/mol. The maximum atomic E-state index is 8.72. The minimum atomic E-state index is 0.0364. The largest absolute Gasteiger partial charge is 0.487 e. The van der Waals surface area contributed by atoms with E-state index in [2.05, 4.69) is 10.3 Å². The summed E-state index contributed by atoms with van der Waals surface area (Å²) < 4.78 is 7.49. The molecule has 0 atom stereocenters.